The summed E-state index contributed by atoms with van der Waals surface area (Å²) in [5.41, 5.74) is 4.86. The highest BCUT2D eigenvalue weighted by atomic mass is 32.2. The van der Waals surface area contributed by atoms with Crippen LogP contribution >= 0.6 is 0 Å². The highest BCUT2D eigenvalue weighted by molar-refractivity contribution is 7.92. The van der Waals surface area contributed by atoms with Crippen molar-refractivity contribution in [2.24, 2.45) is 0 Å². The van der Waals surface area contributed by atoms with E-state index in [1.807, 2.05) is 35.0 Å². The van der Waals surface area contributed by atoms with E-state index in [4.69, 9.17) is 0 Å². The number of rotatable bonds is 4. The summed E-state index contributed by atoms with van der Waals surface area (Å²) in [5, 5.41) is 0. The van der Waals surface area contributed by atoms with Gasteiger partial charge in [0.05, 0.1) is 16.3 Å². The lowest BCUT2D eigenvalue weighted by molar-refractivity contribution is -0.118. The number of carbonyl (C=O) groups is 1. The molecule has 0 radical (unpaired) electrons. The van der Waals surface area contributed by atoms with Gasteiger partial charge >= 0.3 is 0 Å². The van der Waals surface area contributed by atoms with E-state index < -0.39 is 10.0 Å². The third kappa shape index (κ3) is 3.04. The lowest BCUT2D eigenvalue weighted by atomic mass is 10.00. The van der Waals surface area contributed by atoms with Gasteiger partial charge in [0.15, 0.2) is 0 Å². The van der Waals surface area contributed by atoms with E-state index in [-0.39, 0.29) is 10.8 Å². The van der Waals surface area contributed by atoms with Gasteiger partial charge < -0.3 is 4.90 Å². The summed E-state index contributed by atoms with van der Waals surface area (Å²) >= 11 is 0. The number of benzene rings is 2. The number of carbonyl (C=O) groups excluding carboxylic acids is 1. The topological polar surface area (TPSA) is 96.7 Å². The van der Waals surface area contributed by atoms with E-state index >= 15 is 0 Å². The fourth-order valence-corrected chi connectivity index (χ4v) is 5.63. The molecule has 2 aromatic heterocycles. The summed E-state index contributed by atoms with van der Waals surface area (Å²) in [4.78, 5) is 22.8. The molecule has 8 nitrogen and oxygen atoms in total. The first kappa shape index (κ1) is 19.0. The third-order valence-electron chi connectivity index (χ3n) is 6.00. The standard InChI is InChI=1S/C23H19N5O3S/c29-21-7-4-16-12-19(13-17-8-11-28(21)22(16)17)32(30,31)26-18-5-2-15(3-6-18)20-14-27-10-1-9-24-23(27)25-20/h1-3,5-6,9-10,12-14,26H,4,7-8,11H2. The molecule has 0 spiro atoms. The fraction of sp³-hybridized carbons (Fsp3) is 0.174. The first-order chi connectivity index (χ1) is 15.5. The molecule has 6 rings (SSSR count). The van der Waals surface area contributed by atoms with Gasteiger partial charge in [-0.05, 0) is 54.3 Å². The lowest BCUT2D eigenvalue weighted by Gasteiger charge is -2.25. The molecule has 0 fully saturated rings. The van der Waals surface area contributed by atoms with Crippen molar-refractivity contribution < 1.29 is 13.2 Å². The van der Waals surface area contributed by atoms with Crippen molar-refractivity contribution in [1.82, 2.24) is 14.4 Å². The van der Waals surface area contributed by atoms with Crippen LogP contribution < -0.4 is 9.62 Å². The molecule has 160 valence electrons. The summed E-state index contributed by atoms with van der Waals surface area (Å²) in [7, 11) is -3.76. The SMILES string of the molecule is O=C1CCc2cc(S(=O)(=O)Nc3ccc(-c4cn5cccnc5n4)cc3)cc3c2N1CC3. The summed E-state index contributed by atoms with van der Waals surface area (Å²) in [6, 6.07) is 12.3. The van der Waals surface area contributed by atoms with Crippen LogP contribution in [0.5, 0.6) is 0 Å². The lowest BCUT2D eigenvalue weighted by Crippen LogP contribution is -2.33. The van der Waals surface area contributed by atoms with Crippen molar-refractivity contribution >= 4 is 33.1 Å². The number of amides is 1. The Bertz CT molecular complexity index is 1460. The average Bonchev–Trinajstić information content (AvgIpc) is 3.42. The Hall–Kier alpha value is -3.72. The Labute approximate surface area is 184 Å². The molecular formula is C23H19N5O3S. The number of hydrogen-bond donors (Lipinski definition) is 1. The second-order valence-corrected chi connectivity index (χ2v) is 9.70. The molecule has 32 heavy (non-hydrogen) atoms. The maximum Gasteiger partial charge on any atom is 0.261 e. The predicted molar refractivity (Wildman–Crippen MR) is 120 cm³/mol. The van der Waals surface area contributed by atoms with Crippen molar-refractivity contribution in [2.75, 3.05) is 16.2 Å². The van der Waals surface area contributed by atoms with Crippen molar-refractivity contribution in [3.8, 4) is 11.3 Å². The zero-order valence-corrected chi connectivity index (χ0v) is 17.8. The molecule has 0 saturated carbocycles. The third-order valence-corrected chi connectivity index (χ3v) is 7.36. The number of aromatic nitrogens is 3. The molecule has 0 bridgehead atoms. The Balaban J connectivity index is 1.28. The number of nitrogens with one attached hydrogen (secondary N) is 1. The molecule has 0 aliphatic carbocycles. The number of aryl methyl sites for hydroxylation is 1. The highest BCUT2D eigenvalue weighted by Crippen LogP contribution is 2.38. The van der Waals surface area contributed by atoms with Crippen molar-refractivity contribution in [1.29, 1.82) is 0 Å². The van der Waals surface area contributed by atoms with Gasteiger partial charge in [-0.15, -0.1) is 0 Å². The maximum absolute atomic E-state index is 13.1. The van der Waals surface area contributed by atoms with E-state index in [9.17, 15) is 13.2 Å². The van der Waals surface area contributed by atoms with Gasteiger partial charge in [0, 0.05) is 42.8 Å². The second kappa shape index (κ2) is 6.89. The molecule has 0 atom stereocenters. The van der Waals surface area contributed by atoms with Crippen LogP contribution in [0.1, 0.15) is 17.5 Å². The van der Waals surface area contributed by atoms with Crippen LogP contribution in [0, 0.1) is 0 Å². The smallest absolute Gasteiger partial charge is 0.261 e. The van der Waals surface area contributed by atoms with Gasteiger partial charge in [-0.1, -0.05) is 12.1 Å². The molecule has 0 saturated heterocycles. The second-order valence-electron chi connectivity index (χ2n) is 8.02. The van der Waals surface area contributed by atoms with Crippen LogP contribution in [-0.2, 0) is 27.7 Å². The first-order valence-corrected chi connectivity index (χ1v) is 11.9. The molecule has 4 heterocycles. The number of anilines is 2. The van der Waals surface area contributed by atoms with Crippen molar-refractivity contribution in [2.45, 2.75) is 24.2 Å². The normalized spacial score (nSPS) is 15.2. The summed E-state index contributed by atoms with van der Waals surface area (Å²) in [6.45, 7) is 0.623. The number of hydrogen-bond acceptors (Lipinski definition) is 5. The van der Waals surface area contributed by atoms with Crippen molar-refractivity contribution in [3.63, 3.8) is 0 Å². The van der Waals surface area contributed by atoms with Crippen molar-refractivity contribution in [3.05, 3.63) is 72.2 Å². The van der Waals surface area contributed by atoms with Crippen LogP contribution in [0.4, 0.5) is 11.4 Å². The first-order valence-electron chi connectivity index (χ1n) is 10.4. The summed E-state index contributed by atoms with van der Waals surface area (Å²) in [5.74, 6) is 0.722. The Kier molecular flexibility index (Phi) is 4.09. The molecule has 2 aromatic carbocycles. The van der Waals surface area contributed by atoms with E-state index in [1.165, 1.54) is 0 Å². The molecular weight excluding hydrogens is 426 g/mol. The quantitative estimate of drug-likeness (QED) is 0.521. The van der Waals surface area contributed by atoms with E-state index in [0.717, 1.165) is 28.1 Å². The maximum atomic E-state index is 13.1. The number of fused-ring (bicyclic) bond motifs is 1. The largest absolute Gasteiger partial charge is 0.312 e. The van der Waals surface area contributed by atoms with Gasteiger partial charge in [-0.2, -0.15) is 0 Å². The van der Waals surface area contributed by atoms with Crippen LogP contribution in [0.25, 0.3) is 17.0 Å². The Morgan fingerprint density at radius 1 is 1.00 bits per heavy atom. The molecule has 1 N–H and O–H groups in total. The van der Waals surface area contributed by atoms with Crippen LogP contribution in [-0.4, -0.2) is 35.2 Å². The molecule has 1 amide bonds. The number of nitrogens with zero attached hydrogens (tertiary/aromatic N) is 4. The summed E-state index contributed by atoms with van der Waals surface area (Å²) < 4.78 is 30.7. The zero-order chi connectivity index (χ0) is 21.9. The summed E-state index contributed by atoms with van der Waals surface area (Å²) in [6.07, 6.45) is 7.12. The predicted octanol–water partition coefficient (Wildman–Crippen LogP) is 3.03. The average molecular weight is 446 g/mol. The minimum absolute atomic E-state index is 0.117. The fourth-order valence-electron chi connectivity index (χ4n) is 4.47. The number of imidazole rings is 1. The minimum atomic E-state index is -3.76. The van der Waals surface area contributed by atoms with E-state index in [1.54, 1.807) is 35.4 Å². The Morgan fingerprint density at radius 2 is 1.78 bits per heavy atom. The van der Waals surface area contributed by atoms with E-state index in [0.29, 0.717) is 37.3 Å². The van der Waals surface area contributed by atoms with Crippen LogP contribution in [0.3, 0.4) is 0 Å². The van der Waals surface area contributed by atoms with Gasteiger partial charge in [-0.25, -0.2) is 18.4 Å². The molecule has 9 heteroatoms. The minimum Gasteiger partial charge on any atom is -0.312 e. The van der Waals surface area contributed by atoms with Crippen LogP contribution in [0.2, 0.25) is 0 Å². The molecule has 0 unspecified atom stereocenters. The van der Waals surface area contributed by atoms with Gasteiger partial charge in [0.2, 0.25) is 11.7 Å². The van der Waals surface area contributed by atoms with Gasteiger partial charge in [0.25, 0.3) is 10.0 Å². The molecule has 4 aromatic rings. The van der Waals surface area contributed by atoms with Crippen LogP contribution in [0.15, 0.2) is 66.0 Å². The van der Waals surface area contributed by atoms with Gasteiger partial charge in [-0.3, -0.25) is 13.9 Å². The number of sulfonamides is 1. The molecule has 2 aliphatic heterocycles. The monoisotopic (exact) mass is 445 g/mol. The molecule has 2 aliphatic rings. The van der Waals surface area contributed by atoms with Gasteiger partial charge in [0.1, 0.15) is 0 Å². The van der Waals surface area contributed by atoms with E-state index in [2.05, 4.69) is 14.7 Å². The zero-order valence-electron chi connectivity index (χ0n) is 17.0. The highest BCUT2D eigenvalue weighted by Gasteiger charge is 2.32. The Morgan fingerprint density at radius 3 is 2.56 bits per heavy atom.